The molecule has 0 bridgehead atoms. The largest absolute Gasteiger partial charge is 0.497 e. The molecule has 8 N–H and O–H groups in total. The molecule has 1 aliphatic carbocycles. The third-order valence-corrected chi connectivity index (χ3v) is 14.3. The van der Waals surface area contributed by atoms with E-state index in [-0.39, 0.29) is 58.9 Å². The molecule has 0 spiro atoms. The van der Waals surface area contributed by atoms with Crippen molar-refractivity contribution >= 4 is 23.7 Å². The van der Waals surface area contributed by atoms with Gasteiger partial charge in [-0.25, -0.2) is 4.39 Å². The average molecular weight is 1060 g/mol. The Morgan fingerprint density at radius 3 is 2.07 bits per heavy atom. The van der Waals surface area contributed by atoms with Crippen LogP contribution < -0.4 is 36.9 Å². The molecule has 1 atom stereocenters. The molecule has 1 saturated carbocycles. The molecule has 4 aromatic rings. The smallest absolute Gasteiger partial charge is 0.303 e. The summed E-state index contributed by atoms with van der Waals surface area (Å²) in [6, 6.07) is 18.7. The molecule has 1 fully saturated rings. The Hall–Kier alpha value is -5.91. The van der Waals surface area contributed by atoms with Gasteiger partial charge in [0, 0.05) is 63.9 Å². The minimum absolute atomic E-state index is 0.0207. The van der Waals surface area contributed by atoms with E-state index in [1.807, 2.05) is 48.1 Å². The number of carbonyl (C=O) groups excluding carboxylic acids is 3. The molecule has 0 radical (unpaired) electrons. The van der Waals surface area contributed by atoms with Crippen molar-refractivity contribution in [2.75, 3.05) is 66.5 Å². The lowest BCUT2D eigenvalue weighted by Gasteiger charge is -2.33. The van der Waals surface area contributed by atoms with Crippen LogP contribution in [0.1, 0.15) is 145 Å². The van der Waals surface area contributed by atoms with Crippen LogP contribution in [-0.4, -0.2) is 115 Å². The van der Waals surface area contributed by atoms with Crippen LogP contribution in [0.4, 0.5) is 4.39 Å². The number of aliphatic carboxylic acids is 1. The first-order chi connectivity index (χ1) is 36.6. The number of nitrogens with one attached hydrogen (secondary N) is 3. The summed E-state index contributed by atoms with van der Waals surface area (Å²) in [5, 5.41) is 27.2. The van der Waals surface area contributed by atoms with Crippen LogP contribution in [-0.2, 0) is 45.2 Å². The van der Waals surface area contributed by atoms with Gasteiger partial charge in [-0.2, -0.15) is 0 Å². The van der Waals surface area contributed by atoms with E-state index in [4.69, 9.17) is 20.9 Å². The number of nitrogens with two attached hydrogens (primary N) is 2. The highest BCUT2D eigenvalue weighted by molar-refractivity contribution is 5.79. The molecule has 16 nitrogen and oxygen atoms in total. The maximum atomic E-state index is 15.5. The van der Waals surface area contributed by atoms with Gasteiger partial charge >= 0.3 is 5.97 Å². The van der Waals surface area contributed by atoms with Crippen LogP contribution >= 0.6 is 0 Å². The van der Waals surface area contributed by atoms with Gasteiger partial charge in [0.2, 0.25) is 5.91 Å². The van der Waals surface area contributed by atoms with Gasteiger partial charge < -0.3 is 46.5 Å². The van der Waals surface area contributed by atoms with Crippen LogP contribution in [0.15, 0.2) is 66.9 Å². The second kappa shape index (κ2) is 32.0. The van der Waals surface area contributed by atoms with Gasteiger partial charge in [-0.15, -0.1) is 5.10 Å². The van der Waals surface area contributed by atoms with E-state index in [1.54, 1.807) is 19.2 Å². The van der Waals surface area contributed by atoms with Crippen molar-refractivity contribution in [1.29, 1.82) is 0 Å². The summed E-state index contributed by atoms with van der Waals surface area (Å²) in [6.07, 6.45) is 19.5. The first-order valence-electron chi connectivity index (χ1n) is 27.9. The number of carboxylic acid groups (broad SMARTS) is 1. The second-order valence-electron chi connectivity index (χ2n) is 22.0. The normalized spacial score (nSPS) is 13.0. The topological polar surface area (TPSA) is 226 Å². The zero-order valence-corrected chi connectivity index (χ0v) is 46.0. The lowest BCUT2D eigenvalue weighted by atomic mass is 9.82. The molecule has 0 saturated heterocycles. The number of likely N-dealkylation sites (N-methyl/N-ethyl adjacent to an activating group) is 1. The highest BCUT2D eigenvalue weighted by atomic mass is 19.1. The molecule has 1 aromatic heterocycles. The first-order valence-corrected chi connectivity index (χ1v) is 27.9. The van der Waals surface area contributed by atoms with Crippen LogP contribution in [0, 0.1) is 17.2 Å². The average Bonchev–Trinajstić information content (AvgIpc) is 4.14. The Labute approximate surface area is 451 Å². The minimum atomic E-state index is -0.788. The quantitative estimate of drug-likeness (QED) is 0.0184. The molecule has 1 aliphatic rings. The maximum absolute atomic E-state index is 15.5. The fourth-order valence-corrected chi connectivity index (χ4v) is 10.2. The van der Waals surface area contributed by atoms with Crippen LogP contribution in [0.5, 0.6) is 11.5 Å². The van der Waals surface area contributed by atoms with E-state index in [2.05, 4.69) is 52.4 Å². The number of aromatic nitrogens is 3. The van der Waals surface area contributed by atoms with E-state index in [0.29, 0.717) is 94.7 Å². The summed E-state index contributed by atoms with van der Waals surface area (Å²) in [6.45, 7) is 8.14. The summed E-state index contributed by atoms with van der Waals surface area (Å²) >= 11 is 0. The van der Waals surface area contributed by atoms with Gasteiger partial charge in [-0.3, -0.25) is 23.9 Å². The highest BCUT2D eigenvalue weighted by Crippen LogP contribution is 2.45. The van der Waals surface area contributed by atoms with Crippen molar-refractivity contribution in [1.82, 2.24) is 30.9 Å². The van der Waals surface area contributed by atoms with Crippen LogP contribution in [0.3, 0.4) is 0 Å². The highest BCUT2D eigenvalue weighted by Gasteiger charge is 2.34. The zero-order valence-electron chi connectivity index (χ0n) is 46.0. The maximum Gasteiger partial charge on any atom is 0.303 e. The van der Waals surface area contributed by atoms with Crippen molar-refractivity contribution in [3.05, 3.63) is 95.1 Å². The van der Waals surface area contributed by atoms with Crippen LogP contribution in [0.25, 0.3) is 11.1 Å². The van der Waals surface area contributed by atoms with Gasteiger partial charge in [0.15, 0.2) is 13.1 Å². The van der Waals surface area contributed by atoms with Crippen molar-refractivity contribution in [3.63, 3.8) is 0 Å². The van der Waals surface area contributed by atoms with Gasteiger partial charge in [0.05, 0.1) is 32.8 Å². The molecule has 1 heterocycles. The summed E-state index contributed by atoms with van der Waals surface area (Å²) < 4.78 is 29.5. The Morgan fingerprint density at radius 1 is 0.789 bits per heavy atom. The standard InChI is InChI=1S/C59H88FN9O7/c1-59(2,38-47-34-44(22-26-51(47)53-36-49(75-4)25-27-54(53)60)42-76-50-20-16-18-46(35-50)52(37-58(73)74)45-23-24-45)43-68-39-48(66-67-68)19-14-12-10-8-6-5-7-9-11-13-15-21-55(70)63-30-17-33-69(3,40-56(71)64-31-28-61)41-57(72)65-32-29-62/h16,18,20,22,25-27,34-36,39,45,52H,5-15,17,19,21,23-24,28-33,37-38,40-43,61-62H2,1-4H3,(H3-,63,64,65,70,71,72,73,74)/p+1/t52-/m0/s1. The van der Waals surface area contributed by atoms with E-state index < -0.39 is 5.97 Å². The minimum Gasteiger partial charge on any atom is -0.497 e. The predicted molar refractivity (Wildman–Crippen MR) is 296 cm³/mol. The third kappa shape index (κ3) is 22.4. The lowest BCUT2D eigenvalue weighted by molar-refractivity contribution is -0.894. The summed E-state index contributed by atoms with van der Waals surface area (Å²) in [5.74, 6) is 0.264. The van der Waals surface area contributed by atoms with Crippen molar-refractivity contribution in [3.8, 4) is 22.6 Å². The van der Waals surface area contributed by atoms with E-state index in [0.717, 1.165) is 79.3 Å². The number of amides is 3. The number of carboxylic acids is 1. The lowest BCUT2D eigenvalue weighted by Crippen LogP contribution is -2.56. The molecule has 418 valence electrons. The number of halogens is 1. The van der Waals surface area contributed by atoms with Gasteiger partial charge in [0.25, 0.3) is 11.8 Å². The number of unbranched alkanes of at least 4 members (excludes halogenated alkanes) is 10. The number of hydrogen-bond donors (Lipinski definition) is 6. The molecule has 0 unspecified atom stereocenters. The van der Waals surface area contributed by atoms with Crippen LogP contribution in [0.2, 0.25) is 0 Å². The number of aryl methyl sites for hydroxylation is 1. The number of rotatable bonds is 39. The monoisotopic (exact) mass is 1050 g/mol. The Morgan fingerprint density at radius 2 is 1.43 bits per heavy atom. The predicted octanol–water partition coefficient (Wildman–Crippen LogP) is 8.24. The second-order valence-corrected chi connectivity index (χ2v) is 22.0. The molecule has 17 heteroatoms. The van der Waals surface area contributed by atoms with E-state index in [1.165, 1.54) is 44.6 Å². The molecule has 5 rings (SSSR count). The number of nitrogens with zero attached hydrogens (tertiary/aromatic N) is 4. The van der Waals surface area contributed by atoms with E-state index in [9.17, 15) is 24.3 Å². The Balaban J connectivity index is 0.972. The Kier molecular flexibility index (Phi) is 25.6. The Bertz CT molecular complexity index is 2400. The van der Waals surface area contributed by atoms with Crippen molar-refractivity contribution in [2.24, 2.45) is 22.8 Å². The molecule has 3 amide bonds. The molecule has 76 heavy (non-hydrogen) atoms. The van der Waals surface area contributed by atoms with Gasteiger partial charge in [0.1, 0.15) is 23.9 Å². The van der Waals surface area contributed by atoms with E-state index >= 15 is 4.39 Å². The molecular weight excluding hydrogens is 966 g/mol. The summed E-state index contributed by atoms with van der Waals surface area (Å²) in [7, 11) is 3.46. The SMILES string of the molecule is COc1ccc(F)c(-c2ccc(COc3cccc([C@@H](CC(=O)O)C4CC4)c3)cc2CC(C)(C)Cn2cc(CCCCCCCCCCCCCC(=O)NCCC[N+](C)(CC(=O)NCCN)CC(=O)NCCN)nn2)c1. The molecule has 3 aromatic carbocycles. The fraction of sp³-hybridized carbons (Fsp3) is 0.593. The number of carbonyl (C=O) groups is 4. The third-order valence-electron chi connectivity index (χ3n) is 14.3. The number of hydrogen-bond acceptors (Lipinski definition) is 10. The number of methoxy groups -OCH3 is 1. The number of benzene rings is 3. The molecular formula is C59H89FN9O7+. The van der Waals surface area contributed by atoms with Crippen molar-refractivity contribution < 1.29 is 42.6 Å². The fourth-order valence-electron chi connectivity index (χ4n) is 10.2. The molecule has 0 aliphatic heterocycles. The van der Waals surface area contributed by atoms with Gasteiger partial charge in [-0.1, -0.05) is 107 Å². The van der Waals surface area contributed by atoms with Crippen molar-refractivity contribution in [2.45, 2.75) is 148 Å². The summed E-state index contributed by atoms with van der Waals surface area (Å²) in [5.41, 5.74) is 15.9. The first kappa shape index (κ1) is 60.9. The zero-order chi connectivity index (χ0) is 54.8. The van der Waals surface area contributed by atoms with Gasteiger partial charge in [-0.05, 0) is 108 Å². The number of quaternary nitrogens is 1. The summed E-state index contributed by atoms with van der Waals surface area (Å²) in [4.78, 5) is 49.0. The number of ether oxygens (including phenoxy) is 2.